The zero-order chi connectivity index (χ0) is 13.5. The molecule has 6 nitrogen and oxygen atoms in total. The van der Waals surface area contributed by atoms with Gasteiger partial charge in [-0.15, -0.1) is 0 Å². The van der Waals surface area contributed by atoms with Crippen LogP contribution in [0.3, 0.4) is 0 Å². The van der Waals surface area contributed by atoms with Crippen molar-refractivity contribution >= 4 is 5.91 Å². The van der Waals surface area contributed by atoms with Crippen LogP contribution in [0.2, 0.25) is 0 Å². The Morgan fingerprint density at radius 1 is 1.67 bits per heavy atom. The van der Waals surface area contributed by atoms with Gasteiger partial charge >= 0.3 is 0 Å². The predicted molar refractivity (Wildman–Crippen MR) is 68.7 cm³/mol. The molecule has 1 atom stereocenters. The van der Waals surface area contributed by atoms with Crippen LogP contribution in [-0.2, 0) is 11.3 Å². The van der Waals surface area contributed by atoms with Crippen LogP contribution in [0.1, 0.15) is 23.0 Å². The van der Waals surface area contributed by atoms with Crippen LogP contribution in [-0.4, -0.2) is 42.6 Å². The van der Waals surface area contributed by atoms with E-state index in [0.29, 0.717) is 24.4 Å². The highest BCUT2D eigenvalue weighted by atomic mass is 16.5. The number of hydrogen-bond donors (Lipinski definition) is 2. The SMILES string of the molecule is COCC(C)N(C)Cc1ncccc1C(=O)NN. The standard InChI is InChI=1S/C12H20N4O2/c1-9(8-18-3)16(2)7-11-10(12(17)15-13)5-4-6-14-11/h4-6,9H,7-8,13H2,1-3H3,(H,15,17). The molecule has 0 saturated carbocycles. The Balaban J connectivity index is 2.80. The summed E-state index contributed by atoms with van der Waals surface area (Å²) in [6.45, 7) is 3.24. The summed E-state index contributed by atoms with van der Waals surface area (Å²) in [4.78, 5) is 17.9. The summed E-state index contributed by atoms with van der Waals surface area (Å²) in [5, 5.41) is 0. The van der Waals surface area contributed by atoms with Crippen LogP contribution in [0.15, 0.2) is 18.3 Å². The van der Waals surface area contributed by atoms with E-state index in [1.807, 2.05) is 7.05 Å². The van der Waals surface area contributed by atoms with Crippen LogP contribution in [0.5, 0.6) is 0 Å². The minimum atomic E-state index is -0.328. The molecule has 0 aromatic carbocycles. The summed E-state index contributed by atoms with van der Waals surface area (Å²) in [5.74, 6) is 4.82. The maximum Gasteiger partial charge on any atom is 0.267 e. The molecule has 1 rings (SSSR count). The third-order valence-corrected chi connectivity index (χ3v) is 2.83. The number of ether oxygens (including phenoxy) is 1. The van der Waals surface area contributed by atoms with Crippen molar-refractivity contribution in [3.05, 3.63) is 29.6 Å². The van der Waals surface area contributed by atoms with Crippen molar-refractivity contribution in [1.29, 1.82) is 0 Å². The Hall–Kier alpha value is -1.50. The molecule has 0 aliphatic carbocycles. The lowest BCUT2D eigenvalue weighted by atomic mass is 10.1. The average Bonchev–Trinajstić information content (AvgIpc) is 2.38. The first-order valence-corrected chi connectivity index (χ1v) is 5.74. The van der Waals surface area contributed by atoms with Gasteiger partial charge in [-0.1, -0.05) is 0 Å². The van der Waals surface area contributed by atoms with Crippen LogP contribution in [0.4, 0.5) is 0 Å². The van der Waals surface area contributed by atoms with E-state index >= 15 is 0 Å². The lowest BCUT2D eigenvalue weighted by Gasteiger charge is -2.24. The number of nitrogens with zero attached hydrogens (tertiary/aromatic N) is 2. The van der Waals surface area contributed by atoms with Crippen molar-refractivity contribution in [2.75, 3.05) is 20.8 Å². The molecule has 0 radical (unpaired) electrons. The Labute approximate surface area is 107 Å². The quantitative estimate of drug-likeness (QED) is 0.428. The maximum atomic E-state index is 11.6. The van der Waals surface area contributed by atoms with E-state index in [-0.39, 0.29) is 11.9 Å². The van der Waals surface area contributed by atoms with Gasteiger partial charge in [-0.3, -0.25) is 20.1 Å². The molecule has 3 N–H and O–H groups in total. The number of aromatic nitrogens is 1. The molecule has 0 aliphatic rings. The second kappa shape index (κ2) is 7.05. The summed E-state index contributed by atoms with van der Waals surface area (Å²) in [5.41, 5.74) is 3.32. The number of hydrogen-bond acceptors (Lipinski definition) is 5. The average molecular weight is 252 g/mol. The van der Waals surface area contributed by atoms with Crippen molar-refractivity contribution in [3.8, 4) is 0 Å². The van der Waals surface area contributed by atoms with Crippen molar-refractivity contribution in [1.82, 2.24) is 15.3 Å². The fourth-order valence-corrected chi connectivity index (χ4v) is 1.61. The van der Waals surface area contributed by atoms with Crippen molar-refractivity contribution in [2.45, 2.75) is 19.5 Å². The van der Waals surface area contributed by atoms with Gasteiger partial charge in [-0.25, -0.2) is 5.84 Å². The van der Waals surface area contributed by atoms with Crippen LogP contribution in [0.25, 0.3) is 0 Å². The van der Waals surface area contributed by atoms with E-state index in [4.69, 9.17) is 10.6 Å². The van der Waals surface area contributed by atoms with E-state index < -0.39 is 0 Å². The number of nitrogen functional groups attached to an aromatic ring is 1. The summed E-state index contributed by atoms with van der Waals surface area (Å²) in [7, 11) is 3.63. The van der Waals surface area contributed by atoms with E-state index in [1.54, 1.807) is 25.4 Å². The number of carbonyl (C=O) groups excluding carboxylic acids is 1. The number of amides is 1. The fourth-order valence-electron chi connectivity index (χ4n) is 1.61. The molecule has 0 fully saturated rings. The van der Waals surface area contributed by atoms with E-state index in [0.717, 1.165) is 0 Å². The fraction of sp³-hybridized carbons (Fsp3) is 0.500. The largest absolute Gasteiger partial charge is 0.383 e. The first kappa shape index (κ1) is 14.6. The lowest BCUT2D eigenvalue weighted by Crippen LogP contribution is -2.35. The topological polar surface area (TPSA) is 80.5 Å². The highest BCUT2D eigenvalue weighted by Crippen LogP contribution is 2.09. The van der Waals surface area contributed by atoms with Crippen molar-refractivity contribution in [2.24, 2.45) is 5.84 Å². The smallest absolute Gasteiger partial charge is 0.267 e. The number of rotatable bonds is 6. The third kappa shape index (κ3) is 3.76. The van der Waals surface area contributed by atoms with Gasteiger partial charge < -0.3 is 4.74 Å². The molecule has 0 saturated heterocycles. The predicted octanol–water partition coefficient (Wildman–Crippen LogP) is 0.152. The molecule has 100 valence electrons. The van der Waals surface area contributed by atoms with Gasteiger partial charge in [-0.05, 0) is 26.1 Å². The second-order valence-corrected chi connectivity index (χ2v) is 4.19. The molecule has 1 aromatic heterocycles. The first-order valence-electron chi connectivity index (χ1n) is 5.74. The van der Waals surface area contributed by atoms with Gasteiger partial charge in [0, 0.05) is 25.9 Å². The molecular weight excluding hydrogens is 232 g/mol. The number of nitrogens with one attached hydrogen (secondary N) is 1. The van der Waals surface area contributed by atoms with Crippen molar-refractivity contribution < 1.29 is 9.53 Å². The summed E-state index contributed by atoms with van der Waals surface area (Å²) in [6.07, 6.45) is 1.66. The molecular formula is C12H20N4O2. The molecule has 0 spiro atoms. The number of likely N-dealkylation sites (N-methyl/N-ethyl adjacent to an activating group) is 1. The number of carbonyl (C=O) groups is 1. The van der Waals surface area contributed by atoms with Gasteiger partial charge in [0.1, 0.15) is 0 Å². The van der Waals surface area contributed by atoms with Gasteiger partial charge in [0.15, 0.2) is 0 Å². The van der Waals surface area contributed by atoms with E-state index in [2.05, 4.69) is 22.2 Å². The van der Waals surface area contributed by atoms with Gasteiger partial charge in [0.25, 0.3) is 5.91 Å². The number of pyridine rings is 1. The first-order chi connectivity index (χ1) is 8.60. The molecule has 1 unspecified atom stereocenters. The summed E-state index contributed by atoms with van der Waals surface area (Å²) < 4.78 is 5.10. The number of nitrogens with two attached hydrogens (primary N) is 1. The van der Waals surface area contributed by atoms with Gasteiger partial charge in [-0.2, -0.15) is 0 Å². The summed E-state index contributed by atoms with van der Waals surface area (Å²) >= 11 is 0. The second-order valence-electron chi connectivity index (χ2n) is 4.19. The number of hydrazine groups is 1. The minimum absolute atomic E-state index is 0.241. The monoisotopic (exact) mass is 252 g/mol. The number of methoxy groups -OCH3 is 1. The Morgan fingerprint density at radius 3 is 3.00 bits per heavy atom. The molecule has 1 heterocycles. The Bertz CT molecular complexity index is 397. The molecule has 0 aliphatic heterocycles. The van der Waals surface area contributed by atoms with Crippen LogP contribution in [0, 0.1) is 0 Å². The zero-order valence-corrected chi connectivity index (χ0v) is 11.0. The highest BCUT2D eigenvalue weighted by Gasteiger charge is 2.15. The van der Waals surface area contributed by atoms with Crippen LogP contribution < -0.4 is 11.3 Å². The Kier molecular flexibility index (Phi) is 5.70. The van der Waals surface area contributed by atoms with Gasteiger partial charge in [0.05, 0.1) is 17.9 Å². The minimum Gasteiger partial charge on any atom is -0.383 e. The van der Waals surface area contributed by atoms with Gasteiger partial charge in [0.2, 0.25) is 0 Å². The van der Waals surface area contributed by atoms with E-state index in [1.165, 1.54) is 0 Å². The highest BCUT2D eigenvalue weighted by molar-refractivity contribution is 5.94. The van der Waals surface area contributed by atoms with Crippen molar-refractivity contribution in [3.63, 3.8) is 0 Å². The third-order valence-electron chi connectivity index (χ3n) is 2.83. The maximum absolute atomic E-state index is 11.6. The molecule has 6 heteroatoms. The van der Waals surface area contributed by atoms with E-state index in [9.17, 15) is 4.79 Å². The molecule has 0 bridgehead atoms. The molecule has 18 heavy (non-hydrogen) atoms. The van der Waals surface area contributed by atoms with Crippen LogP contribution >= 0.6 is 0 Å². The normalized spacial score (nSPS) is 12.5. The zero-order valence-electron chi connectivity index (χ0n) is 11.0. The molecule has 1 amide bonds. The molecule has 1 aromatic rings. The lowest BCUT2D eigenvalue weighted by molar-refractivity contribution is 0.0946. The summed E-state index contributed by atoms with van der Waals surface area (Å²) in [6, 6.07) is 3.66. The Morgan fingerprint density at radius 2 is 2.39 bits per heavy atom.